The van der Waals surface area contributed by atoms with Gasteiger partial charge in [-0.3, -0.25) is 0 Å². The highest BCUT2D eigenvalue weighted by atomic mass is 16.5. The Balaban J connectivity index is 2.89. The smallest absolute Gasteiger partial charge is 0.243 e. The maximum absolute atomic E-state index is 8.54. The second kappa shape index (κ2) is 2.10. The average molecular weight is 144 g/mol. The number of benzene rings is 1. The van der Waals surface area contributed by atoms with Gasteiger partial charge in [0.05, 0.1) is 5.39 Å². The van der Waals surface area contributed by atoms with Crippen molar-refractivity contribution in [2.24, 2.45) is 0 Å². The van der Waals surface area contributed by atoms with Crippen LogP contribution in [-0.4, -0.2) is 5.16 Å². The van der Waals surface area contributed by atoms with Gasteiger partial charge in [-0.2, -0.15) is 5.26 Å². The first kappa shape index (κ1) is 5.93. The van der Waals surface area contributed by atoms with Crippen LogP contribution in [0.25, 0.3) is 10.9 Å². The summed E-state index contributed by atoms with van der Waals surface area (Å²) in [6.07, 6.45) is 0. The minimum absolute atomic E-state index is 0.278. The summed E-state index contributed by atoms with van der Waals surface area (Å²) >= 11 is 0. The molecule has 1 aromatic heterocycles. The van der Waals surface area contributed by atoms with E-state index in [1.165, 1.54) is 0 Å². The lowest BCUT2D eigenvalue weighted by Crippen LogP contribution is -1.66. The highest BCUT2D eigenvalue weighted by Gasteiger charge is 2.04. The van der Waals surface area contributed by atoms with E-state index in [1.807, 2.05) is 24.3 Å². The van der Waals surface area contributed by atoms with E-state index < -0.39 is 0 Å². The molecule has 0 saturated heterocycles. The Hall–Kier alpha value is -1.82. The molecule has 1 aromatic carbocycles. The van der Waals surface area contributed by atoms with E-state index in [9.17, 15) is 0 Å². The average Bonchev–Trinajstić information content (AvgIpc) is 2.47. The number of rotatable bonds is 0. The Morgan fingerprint density at radius 2 is 2.18 bits per heavy atom. The molecule has 3 nitrogen and oxygen atoms in total. The molecule has 52 valence electrons. The van der Waals surface area contributed by atoms with Gasteiger partial charge < -0.3 is 4.52 Å². The largest absolute Gasteiger partial charge is 0.344 e. The molecule has 3 heteroatoms. The molecule has 0 aliphatic rings. The molecule has 0 unspecified atom stereocenters. The first-order valence-electron chi connectivity index (χ1n) is 3.16. The summed E-state index contributed by atoms with van der Waals surface area (Å²) in [4.78, 5) is 0. The molecule has 2 rings (SSSR count). The summed E-state index contributed by atoms with van der Waals surface area (Å²) in [6, 6.07) is 9.24. The van der Waals surface area contributed by atoms with E-state index in [4.69, 9.17) is 9.78 Å². The summed E-state index contributed by atoms with van der Waals surface area (Å²) in [7, 11) is 0. The Morgan fingerprint density at radius 1 is 1.36 bits per heavy atom. The lowest BCUT2D eigenvalue weighted by molar-refractivity contribution is 0.418. The maximum Gasteiger partial charge on any atom is 0.243 e. The van der Waals surface area contributed by atoms with Gasteiger partial charge in [0.1, 0.15) is 11.6 Å². The molecule has 0 radical (unpaired) electrons. The maximum atomic E-state index is 8.54. The van der Waals surface area contributed by atoms with Gasteiger partial charge in [0.15, 0.2) is 0 Å². The van der Waals surface area contributed by atoms with Crippen LogP contribution in [0.3, 0.4) is 0 Å². The van der Waals surface area contributed by atoms with Crippen LogP contribution in [0.5, 0.6) is 0 Å². The van der Waals surface area contributed by atoms with Crippen molar-refractivity contribution >= 4 is 10.9 Å². The van der Waals surface area contributed by atoms with Gasteiger partial charge in [-0.15, -0.1) is 0 Å². The monoisotopic (exact) mass is 144 g/mol. The van der Waals surface area contributed by atoms with Gasteiger partial charge >= 0.3 is 0 Å². The fourth-order valence-electron chi connectivity index (χ4n) is 0.970. The van der Waals surface area contributed by atoms with E-state index in [2.05, 4.69) is 5.16 Å². The molecule has 0 N–H and O–H groups in total. The zero-order valence-corrected chi connectivity index (χ0v) is 5.61. The van der Waals surface area contributed by atoms with E-state index >= 15 is 0 Å². The minimum atomic E-state index is 0.278. The number of aromatic nitrogens is 1. The summed E-state index contributed by atoms with van der Waals surface area (Å²) in [6.45, 7) is 0. The van der Waals surface area contributed by atoms with Crippen molar-refractivity contribution in [2.75, 3.05) is 0 Å². The SMILES string of the molecule is N#Cc1onc2ccccc12. The summed E-state index contributed by atoms with van der Waals surface area (Å²) < 4.78 is 4.75. The van der Waals surface area contributed by atoms with Crippen LogP contribution >= 0.6 is 0 Å². The van der Waals surface area contributed by atoms with Crippen molar-refractivity contribution in [3.8, 4) is 6.07 Å². The number of hydrogen-bond acceptors (Lipinski definition) is 3. The third-order valence-corrected chi connectivity index (χ3v) is 1.49. The number of nitriles is 1. The third kappa shape index (κ3) is 0.767. The molecule has 0 aliphatic carbocycles. The zero-order valence-electron chi connectivity index (χ0n) is 5.61. The highest BCUT2D eigenvalue weighted by Crippen LogP contribution is 2.15. The van der Waals surface area contributed by atoms with Crippen LogP contribution in [-0.2, 0) is 0 Å². The zero-order chi connectivity index (χ0) is 7.68. The summed E-state index contributed by atoms with van der Waals surface area (Å²) in [5.41, 5.74) is 0.726. The second-order valence-corrected chi connectivity index (χ2v) is 2.14. The van der Waals surface area contributed by atoms with Gasteiger partial charge in [0, 0.05) is 0 Å². The van der Waals surface area contributed by atoms with Crippen LogP contribution in [0, 0.1) is 11.3 Å². The Kier molecular flexibility index (Phi) is 1.13. The lowest BCUT2D eigenvalue weighted by Gasteiger charge is -1.80. The molecule has 0 fully saturated rings. The quantitative estimate of drug-likeness (QED) is 0.565. The molecule has 0 saturated carbocycles. The molecular weight excluding hydrogens is 140 g/mol. The highest BCUT2D eigenvalue weighted by molar-refractivity contribution is 5.82. The van der Waals surface area contributed by atoms with Crippen molar-refractivity contribution in [1.82, 2.24) is 5.16 Å². The van der Waals surface area contributed by atoms with Gasteiger partial charge in [0.2, 0.25) is 5.76 Å². The number of fused-ring (bicyclic) bond motifs is 1. The van der Waals surface area contributed by atoms with Gasteiger partial charge in [-0.1, -0.05) is 17.3 Å². The number of hydrogen-bond donors (Lipinski definition) is 0. The van der Waals surface area contributed by atoms with Crippen LogP contribution in [0.15, 0.2) is 28.8 Å². The molecule has 2 aromatic rings. The van der Waals surface area contributed by atoms with Crippen LogP contribution in [0.1, 0.15) is 5.76 Å². The fourth-order valence-corrected chi connectivity index (χ4v) is 0.970. The van der Waals surface area contributed by atoms with Gasteiger partial charge in [-0.25, -0.2) is 0 Å². The van der Waals surface area contributed by atoms with Crippen molar-refractivity contribution in [1.29, 1.82) is 5.26 Å². The topological polar surface area (TPSA) is 49.8 Å². The Morgan fingerprint density at radius 3 is 3.00 bits per heavy atom. The second-order valence-electron chi connectivity index (χ2n) is 2.14. The normalized spacial score (nSPS) is 9.73. The summed E-state index contributed by atoms with van der Waals surface area (Å²) in [5.74, 6) is 0.278. The Labute approximate surface area is 62.8 Å². The van der Waals surface area contributed by atoms with E-state index in [0.717, 1.165) is 10.9 Å². The van der Waals surface area contributed by atoms with Gasteiger partial charge in [0.25, 0.3) is 0 Å². The minimum Gasteiger partial charge on any atom is -0.344 e. The van der Waals surface area contributed by atoms with Crippen LogP contribution < -0.4 is 0 Å². The lowest BCUT2D eigenvalue weighted by atomic mass is 10.2. The molecule has 11 heavy (non-hydrogen) atoms. The van der Waals surface area contributed by atoms with Crippen molar-refractivity contribution in [3.63, 3.8) is 0 Å². The third-order valence-electron chi connectivity index (χ3n) is 1.49. The van der Waals surface area contributed by atoms with E-state index in [0.29, 0.717) is 0 Å². The molecule has 0 spiro atoms. The van der Waals surface area contributed by atoms with Crippen molar-refractivity contribution < 1.29 is 4.52 Å². The number of nitrogens with zero attached hydrogens (tertiary/aromatic N) is 2. The molecule has 0 aliphatic heterocycles. The van der Waals surface area contributed by atoms with Gasteiger partial charge in [-0.05, 0) is 12.1 Å². The Bertz CT molecular complexity index is 425. The first-order chi connectivity index (χ1) is 5.42. The predicted molar refractivity (Wildman–Crippen MR) is 38.7 cm³/mol. The van der Waals surface area contributed by atoms with E-state index in [-0.39, 0.29) is 5.76 Å². The molecular formula is C8H4N2O. The van der Waals surface area contributed by atoms with Crippen LogP contribution in [0.4, 0.5) is 0 Å². The standard InChI is InChI=1S/C8H4N2O/c9-5-8-6-3-1-2-4-7(6)10-11-8/h1-4H. The molecule has 0 atom stereocenters. The first-order valence-corrected chi connectivity index (χ1v) is 3.16. The van der Waals surface area contributed by atoms with Crippen molar-refractivity contribution in [2.45, 2.75) is 0 Å². The van der Waals surface area contributed by atoms with E-state index in [1.54, 1.807) is 6.07 Å². The molecule has 1 heterocycles. The van der Waals surface area contributed by atoms with Crippen LogP contribution in [0.2, 0.25) is 0 Å². The molecule has 0 amide bonds. The van der Waals surface area contributed by atoms with Crippen molar-refractivity contribution in [3.05, 3.63) is 30.0 Å². The molecule has 0 bridgehead atoms. The summed E-state index contributed by atoms with van der Waals surface area (Å²) in [5, 5.41) is 13.0. The predicted octanol–water partition coefficient (Wildman–Crippen LogP) is 1.70. The fraction of sp³-hybridized carbons (Fsp3) is 0.